The molecule has 1 aromatic rings. The number of nitrogens with zero attached hydrogens (tertiary/aromatic N) is 1. The quantitative estimate of drug-likeness (QED) is 0.430. The summed E-state index contributed by atoms with van der Waals surface area (Å²) in [5.74, 6) is -0.438. The third kappa shape index (κ3) is 5.18. The normalized spacial score (nSPS) is 11.4. The van der Waals surface area contributed by atoms with Gasteiger partial charge in [0, 0.05) is 23.9 Å². The van der Waals surface area contributed by atoms with E-state index >= 15 is 0 Å². The van der Waals surface area contributed by atoms with Gasteiger partial charge in [-0.15, -0.1) is 0 Å². The lowest BCUT2D eigenvalue weighted by molar-refractivity contribution is -0.118. The van der Waals surface area contributed by atoms with E-state index in [2.05, 4.69) is 30.8 Å². The average Bonchev–Trinajstić information content (AvgIpc) is 2.37. The number of amides is 1. The van der Waals surface area contributed by atoms with Gasteiger partial charge in [0.05, 0.1) is 17.6 Å². The highest BCUT2D eigenvalue weighted by molar-refractivity contribution is 9.09. The van der Waals surface area contributed by atoms with Crippen LogP contribution in [0.5, 0.6) is 5.75 Å². The zero-order chi connectivity index (χ0) is 15.3. The van der Waals surface area contributed by atoms with E-state index in [0.29, 0.717) is 11.3 Å². The minimum Gasteiger partial charge on any atom is -0.506 e. The van der Waals surface area contributed by atoms with Crippen molar-refractivity contribution in [3.05, 3.63) is 23.0 Å². The average molecular weight is 369 g/mol. The molecule has 0 aliphatic carbocycles. The van der Waals surface area contributed by atoms with Gasteiger partial charge in [0.2, 0.25) is 5.91 Å². The van der Waals surface area contributed by atoms with Crippen LogP contribution in [-0.2, 0) is 27.0 Å². The van der Waals surface area contributed by atoms with Gasteiger partial charge in [-0.05, 0) is 6.92 Å². The molecule has 1 amide bonds. The standard InChI is InChI=1S/C10H14BrN2O6P/c1-6-10(15)8(4-13-9(14)2-11)7(3-12-6)5-19-20(16,17)18/h3,15H,2,4-5H2,1H3,(H,13,14)(H2,16,17,18). The number of phosphoric ester groups is 1. The lowest BCUT2D eigenvalue weighted by Gasteiger charge is -2.14. The van der Waals surface area contributed by atoms with Crippen LogP contribution < -0.4 is 5.32 Å². The molecule has 0 aromatic carbocycles. The van der Waals surface area contributed by atoms with Crippen LogP contribution in [0, 0.1) is 6.92 Å². The number of alkyl halides is 1. The Labute approximate surface area is 123 Å². The molecule has 20 heavy (non-hydrogen) atoms. The van der Waals surface area contributed by atoms with Crippen molar-refractivity contribution in [3.8, 4) is 5.75 Å². The summed E-state index contributed by atoms with van der Waals surface area (Å²) in [5.41, 5.74) is 0.930. The molecule has 0 unspecified atom stereocenters. The van der Waals surface area contributed by atoms with E-state index in [4.69, 9.17) is 9.79 Å². The molecule has 0 spiro atoms. The van der Waals surface area contributed by atoms with Crippen molar-refractivity contribution in [2.45, 2.75) is 20.1 Å². The van der Waals surface area contributed by atoms with Crippen molar-refractivity contribution in [3.63, 3.8) is 0 Å². The minimum atomic E-state index is -4.63. The first-order valence-electron chi connectivity index (χ1n) is 5.43. The van der Waals surface area contributed by atoms with Crippen LogP contribution in [0.25, 0.3) is 0 Å². The summed E-state index contributed by atoms with van der Waals surface area (Å²) in [4.78, 5) is 32.4. The predicted octanol–water partition coefficient (Wildman–Crippen LogP) is 0.716. The Kier molecular flexibility index (Phi) is 6.09. The first-order valence-corrected chi connectivity index (χ1v) is 8.09. The second kappa shape index (κ2) is 7.14. The number of aryl methyl sites for hydroxylation is 1. The predicted molar refractivity (Wildman–Crippen MR) is 73.1 cm³/mol. The number of aromatic nitrogens is 1. The molecular weight excluding hydrogens is 355 g/mol. The van der Waals surface area contributed by atoms with Gasteiger partial charge in [0.25, 0.3) is 0 Å². The van der Waals surface area contributed by atoms with Gasteiger partial charge in [-0.25, -0.2) is 4.57 Å². The van der Waals surface area contributed by atoms with Crippen LogP contribution in [0.4, 0.5) is 0 Å². The molecule has 0 saturated heterocycles. The molecule has 4 N–H and O–H groups in total. The molecule has 0 atom stereocenters. The van der Waals surface area contributed by atoms with Crippen molar-refractivity contribution >= 4 is 29.7 Å². The molecule has 1 aromatic heterocycles. The molecule has 0 radical (unpaired) electrons. The van der Waals surface area contributed by atoms with Gasteiger partial charge in [-0.2, -0.15) is 0 Å². The maximum Gasteiger partial charge on any atom is 0.469 e. The number of halogens is 1. The number of carbonyl (C=O) groups excluding carboxylic acids is 1. The molecule has 0 fully saturated rings. The Morgan fingerprint density at radius 2 is 2.20 bits per heavy atom. The smallest absolute Gasteiger partial charge is 0.469 e. The van der Waals surface area contributed by atoms with Crippen LogP contribution in [0.1, 0.15) is 16.8 Å². The number of carbonyl (C=O) groups is 1. The van der Waals surface area contributed by atoms with Gasteiger partial charge in [0.1, 0.15) is 5.75 Å². The van der Waals surface area contributed by atoms with E-state index in [1.54, 1.807) is 6.92 Å². The maximum atomic E-state index is 11.2. The van der Waals surface area contributed by atoms with Gasteiger partial charge in [0.15, 0.2) is 0 Å². The summed E-state index contributed by atoms with van der Waals surface area (Å²) in [5, 5.41) is 12.6. The SMILES string of the molecule is Cc1ncc(COP(=O)(O)O)c(CNC(=O)CBr)c1O. The summed E-state index contributed by atoms with van der Waals surface area (Å²) in [6.07, 6.45) is 1.33. The lowest BCUT2D eigenvalue weighted by Crippen LogP contribution is -2.24. The fourth-order valence-electron chi connectivity index (χ4n) is 1.39. The number of nitrogens with one attached hydrogen (secondary N) is 1. The number of hydrogen-bond donors (Lipinski definition) is 4. The Morgan fingerprint density at radius 1 is 1.55 bits per heavy atom. The van der Waals surface area contributed by atoms with Crippen LogP contribution >= 0.6 is 23.8 Å². The van der Waals surface area contributed by atoms with E-state index in [9.17, 15) is 14.5 Å². The molecule has 0 aliphatic heterocycles. The van der Waals surface area contributed by atoms with Gasteiger partial charge in [-0.1, -0.05) is 15.9 Å². The summed E-state index contributed by atoms with van der Waals surface area (Å²) in [6, 6.07) is 0. The van der Waals surface area contributed by atoms with Crippen LogP contribution in [-0.4, -0.2) is 31.1 Å². The van der Waals surface area contributed by atoms with Crippen LogP contribution in [0.15, 0.2) is 6.20 Å². The number of rotatable bonds is 6. The highest BCUT2D eigenvalue weighted by Gasteiger charge is 2.18. The second-order valence-electron chi connectivity index (χ2n) is 3.87. The topological polar surface area (TPSA) is 129 Å². The molecule has 0 aliphatic rings. The molecule has 8 nitrogen and oxygen atoms in total. The Bertz CT molecular complexity index is 547. The largest absolute Gasteiger partial charge is 0.506 e. The zero-order valence-electron chi connectivity index (χ0n) is 10.5. The van der Waals surface area contributed by atoms with E-state index in [0.717, 1.165) is 0 Å². The second-order valence-corrected chi connectivity index (χ2v) is 5.67. The highest BCUT2D eigenvalue weighted by Crippen LogP contribution is 2.38. The Morgan fingerprint density at radius 3 is 2.75 bits per heavy atom. The fourth-order valence-corrected chi connectivity index (χ4v) is 1.90. The summed E-state index contributed by atoms with van der Waals surface area (Å²) >= 11 is 2.98. The summed E-state index contributed by atoms with van der Waals surface area (Å²) < 4.78 is 15.1. The fraction of sp³-hybridized carbons (Fsp3) is 0.400. The van der Waals surface area contributed by atoms with Crippen molar-refractivity contribution in [1.29, 1.82) is 0 Å². The first kappa shape index (κ1) is 17.1. The van der Waals surface area contributed by atoms with Crippen molar-refractivity contribution in [1.82, 2.24) is 10.3 Å². The summed E-state index contributed by atoms with van der Waals surface area (Å²) in [6.45, 7) is 1.14. The molecule has 1 rings (SSSR count). The number of pyridine rings is 1. The third-order valence-corrected chi connectivity index (χ3v) is 3.38. The number of aromatic hydroxyl groups is 1. The molecule has 112 valence electrons. The van der Waals surface area contributed by atoms with Crippen LogP contribution in [0.2, 0.25) is 0 Å². The number of hydrogen-bond acceptors (Lipinski definition) is 5. The van der Waals surface area contributed by atoms with Crippen LogP contribution in [0.3, 0.4) is 0 Å². The van der Waals surface area contributed by atoms with E-state index < -0.39 is 14.4 Å². The summed E-state index contributed by atoms with van der Waals surface area (Å²) in [7, 11) is -4.63. The van der Waals surface area contributed by atoms with Gasteiger partial charge >= 0.3 is 7.82 Å². The van der Waals surface area contributed by atoms with Crippen molar-refractivity contribution in [2.75, 3.05) is 5.33 Å². The van der Waals surface area contributed by atoms with Gasteiger partial charge in [-0.3, -0.25) is 14.3 Å². The van der Waals surface area contributed by atoms with E-state index in [1.165, 1.54) is 6.20 Å². The van der Waals surface area contributed by atoms with E-state index in [-0.39, 0.29) is 29.1 Å². The zero-order valence-corrected chi connectivity index (χ0v) is 13.0. The highest BCUT2D eigenvalue weighted by atomic mass is 79.9. The van der Waals surface area contributed by atoms with Crippen molar-refractivity contribution in [2.24, 2.45) is 0 Å². The first-order chi connectivity index (χ1) is 9.24. The molecular formula is C10H14BrN2O6P. The molecule has 0 bridgehead atoms. The van der Waals surface area contributed by atoms with Crippen molar-refractivity contribution < 1.29 is 28.8 Å². The number of phosphoric acid groups is 1. The Hall–Kier alpha value is -0.990. The molecule has 1 heterocycles. The lowest BCUT2D eigenvalue weighted by atomic mass is 10.1. The Balaban J connectivity index is 2.95. The third-order valence-electron chi connectivity index (χ3n) is 2.40. The molecule has 0 saturated carbocycles. The maximum absolute atomic E-state index is 11.2. The molecule has 10 heteroatoms. The minimum absolute atomic E-state index is 0.000517. The van der Waals surface area contributed by atoms with Gasteiger partial charge < -0.3 is 20.2 Å². The monoisotopic (exact) mass is 368 g/mol. The van der Waals surface area contributed by atoms with E-state index in [1.807, 2.05) is 0 Å².